The Bertz CT molecular complexity index is 356. The first-order chi connectivity index (χ1) is 8.33. The Morgan fingerprint density at radius 3 is 2.35 bits per heavy atom. The lowest BCUT2D eigenvalue weighted by Crippen LogP contribution is -2.46. The number of piperazine rings is 1. The van der Waals surface area contributed by atoms with Crippen molar-refractivity contribution in [3.8, 4) is 0 Å². The summed E-state index contributed by atoms with van der Waals surface area (Å²) in [6.07, 6.45) is 0.872. The van der Waals surface area contributed by atoms with Crippen molar-refractivity contribution in [2.75, 3.05) is 37.7 Å². The lowest BCUT2D eigenvalue weighted by Gasteiger charge is -2.35. The van der Waals surface area contributed by atoms with E-state index in [1.807, 2.05) is 36.3 Å². The number of hydroxylamine groups is 2. The van der Waals surface area contributed by atoms with Gasteiger partial charge < -0.3 is 4.90 Å². The third kappa shape index (κ3) is 3.05. The van der Waals surface area contributed by atoms with Gasteiger partial charge in [-0.1, -0.05) is 0 Å². The Morgan fingerprint density at radius 2 is 1.82 bits per heavy atom. The predicted octanol–water partition coefficient (Wildman–Crippen LogP) is 1.57. The molecule has 1 aromatic carbocycles. The van der Waals surface area contributed by atoms with Crippen LogP contribution in [0.1, 0.15) is 17.3 Å². The van der Waals surface area contributed by atoms with Gasteiger partial charge in [0.15, 0.2) is 0 Å². The number of carbonyl (C=O) groups is 1. The van der Waals surface area contributed by atoms with Gasteiger partial charge in [-0.3, -0.25) is 9.63 Å². The third-order valence-electron chi connectivity index (χ3n) is 2.94. The minimum Gasteiger partial charge on any atom is -0.369 e. The highest BCUT2D eigenvalue weighted by Crippen LogP contribution is 2.16. The molecule has 1 aromatic rings. The van der Waals surface area contributed by atoms with Crippen molar-refractivity contribution in [2.24, 2.45) is 0 Å². The van der Waals surface area contributed by atoms with Gasteiger partial charge in [0.05, 0.1) is 6.61 Å². The van der Waals surface area contributed by atoms with Crippen LogP contribution in [0.15, 0.2) is 24.3 Å². The maximum atomic E-state index is 10.6. The van der Waals surface area contributed by atoms with Gasteiger partial charge in [0.2, 0.25) is 0 Å². The second-order valence-electron chi connectivity index (χ2n) is 4.04. The van der Waals surface area contributed by atoms with Crippen molar-refractivity contribution in [1.82, 2.24) is 5.06 Å². The number of carbonyl (C=O) groups excluding carboxylic acids is 1. The summed E-state index contributed by atoms with van der Waals surface area (Å²) in [6, 6.07) is 7.72. The van der Waals surface area contributed by atoms with Crippen LogP contribution in [0.25, 0.3) is 0 Å². The SMILES string of the molecule is CCON1CCN(c2ccc(C=O)cc2)CC1. The van der Waals surface area contributed by atoms with E-state index in [9.17, 15) is 4.79 Å². The molecule has 0 saturated carbocycles. The topological polar surface area (TPSA) is 32.8 Å². The van der Waals surface area contributed by atoms with Crippen LogP contribution in [-0.2, 0) is 4.84 Å². The fourth-order valence-corrected chi connectivity index (χ4v) is 2.02. The Kier molecular flexibility index (Phi) is 4.12. The Morgan fingerprint density at radius 1 is 1.18 bits per heavy atom. The summed E-state index contributed by atoms with van der Waals surface area (Å²) < 4.78 is 0. The van der Waals surface area contributed by atoms with Crippen molar-refractivity contribution in [3.63, 3.8) is 0 Å². The van der Waals surface area contributed by atoms with E-state index in [0.717, 1.165) is 44.6 Å². The van der Waals surface area contributed by atoms with Gasteiger partial charge in [0.1, 0.15) is 6.29 Å². The van der Waals surface area contributed by atoms with Crippen LogP contribution in [0.2, 0.25) is 0 Å². The zero-order valence-electron chi connectivity index (χ0n) is 10.1. The number of aldehydes is 1. The lowest BCUT2D eigenvalue weighted by molar-refractivity contribution is -0.156. The van der Waals surface area contributed by atoms with E-state index in [0.29, 0.717) is 0 Å². The maximum Gasteiger partial charge on any atom is 0.150 e. The maximum absolute atomic E-state index is 10.6. The molecule has 1 aliphatic heterocycles. The molecule has 4 nitrogen and oxygen atoms in total. The van der Waals surface area contributed by atoms with Gasteiger partial charge >= 0.3 is 0 Å². The fraction of sp³-hybridized carbons (Fsp3) is 0.462. The molecule has 1 heterocycles. The Balaban J connectivity index is 1.93. The fourth-order valence-electron chi connectivity index (χ4n) is 2.02. The van der Waals surface area contributed by atoms with Gasteiger partial charge in [-0.2, -0.15) is 5.06 Å². The summed E-state index contributed by atoms with van der Waals surface area (Å²) in [5.41, 5.74) is 1.90. The summed E-state index contributed by atoms with van der Waals surface area (Å²) >= 11 is 0. The molecule has 0 amide bonds. The molecule has 0 aromatic heterocycles. The number of benzene rings is 1. The summed E-state index contributed by atoms with van der Waals surface area (Å²) in [4.78, 5) is 18.3. The molecule has 0 N–H and O–H groups in total. The summed E-state index contributed by atoms with van der Waals surface area (Å²) in [7, 11) is 0. The standard InChI is InChI=1S/C13H18N2O2/c1-2-17-15-9-7-14(8-10-15)13-5-3-12(11-16)4-6-13/h3-6,11H,2,7-10H2,1H3. The molecule has 92 valence electrons. The zero-order valence-corrected chi connectivity index (χ0v) is 10.1. The smallest absolute Gasteiger partial charge is 0.150 e. The highest BCUT2D eigenvalue weighted by Gasteiger charge is 2.16. The van der Waals surface area contributed by atoms with E-state index in [2.05, 4.69) is 4.90 Å². The van der Waals surface area contributed by atoms with E-state index in [4.69, 9.17) is 4.84 Å². The molecule has 0 radical (unpaired) electrons. The van der Waals surface area contributed by atoms with Crippen molar-refractivity contribution in [3.05, 3.63) is 29.8 Å². The van der Waals surface area contributed by atoms with Gasteiger partial charge in [-0.15, -0.1) is 0 Å². The molecule has 1 saturated heterocycles. The second kappa shape index (κ2) is 5.80. The number of anilines is 1. The molecule has 0 spiro atoms. The van der Waals surface area contributed by atoms with E-state index >= 15 is 0 Å². The minimum absolute atomic E-state index is 0.724. The molecule has 2 rings (SSSR count). The molecule has 17 heavy (non-hydrogen) atoms. The number of hydrogen-bond donors (Lipinski definition) is 0. The number of hydrogen-bond acceptors (Lipinski definition) is 4. The Labute approximate surface area is 102 Å². The monoisotopic (exact) mass is 234 g/mol. The first-order valence-corrected chi connectivity index (χ1v) is 6.01. The largest absolute Gasteiger partial charge is 0.369 e. The lowest BCUT2D eigenvalue weighted by atomic mass is 10.2. The number of rotatable bonds is 4. The average molecular weight is 234 g/mol. The van der Waals surface area contributed by atoms with Gasteiger partial charge in [-0.05, 0) is 31.2 Å². The molecule has 4 heteroatoms. The van der Waals surface area contributed by atoms with Crippen molar-refractivity contribution < 1.29 is 9.63 Å². The molecule has 0 bridgehead atoms. The highest BCUT2D eigenvalue weighted by atomic mass is 16.7. The zero-order chi connectivity index (χ0) is 12.1. The van der Waals surface area contributed by atoms with E-state index in [-0.39, 0.29) is 0 Å². The molecule has 0 aliphatic carbocycles. The first-order valence-electron chi connectivity index (χ1n) is 6.01. The predicted molar refractivity (Wildman–Crippen MR) is 67.2 cm³/mol. The average Bonchev–Trinajstić information content (AvgIpc) is 2.40. The van der Waals surface area contributed by atoms with Gasteiger partial charge in [-0.25, -0.2) is 0 Å². The van der Waals surface area contributed by atoms with Gasteiger partial charge in [0.25, 0.3) is 0 Å². The van der Waals surface area contributed by atoms with Gasteiger partial charge in [0, 0.05) is 37.4 Å². The summed E-state index contributed by atoms with van der Waals surface area (Å²) in [5.74, 6) is 0. The van der Waals surface area contributed by atoms with Crippen LogP contribution in [0.5, 0.6) is 0 Å². The van der Waals surface area contributed by atoms with E-state index in [1.54, 1.807) is 0 Å². The van der Waals surface area contributed by atoms with Crippen LogP contribution in [0.4, 0.5) is 5.69 Å². The normalized spacial score (nSPS) is 17.1. The minimum atomic E-state index is 0.724. The molecular weight excluding hydrogens is 216 g/mol. The molecular formula is C13H18N2O2. The van der Waals surface area contributed by atoms with Crippen LogP contribution >= 0.6 is 0 Å². The van der Waals surface area contributed by atoms with Crippen molar-refractivity contribution >= 4 is 12.0 Å². The number of nitrogens with zero attached hydrogens (tertiary/aromatic N) is 2. The highest BCUT2D eigenvalue weighted by molar-refractivity contribution is 5.75. The summed E-state index contributed by atoms with van der Waals surface area (Å²) in [6.45, 7) is 6.49. The first kappa shape index (κ1) is 12.1. The quantitative estimate of drug-likeness (QED) is 0.740. The molecule has 0 unspecified atom stereocenters. The third-order valence-corrected chi connectivity index (χ3v) is 2.94. The Hall–Kier alpha value is -1.39. The van der Waals surface area contributed by atoms with Crippen LogP contribution in [0.3, 0.4) is 0 Å². The second-order valence-corrected chi connectivity index (χ2v) is 4.04. The van der Waals surface area contributed by atoms with E-state index < -0.39 is 0 Å². The van der Waals surface area contributed by atoms with Crippen molar-refractivity contribution in [2.45, 2.75) is 6.92 Å². The van der Waals surface area contributed by atoms with Crippen LogP contribution < -0.4 is 4.90 Å². The van der Waals surface area contributed by atoms with Crippen LogP contribution in [-0.4, -0.2) is 44.1 Å². The van der Waals surface area contributed by atoms with Crippen LogP contribution in [0, 0.1) is 0 Å². The molecule has 0 atom stereocenters. The summed E-state index contributed by atoms with van der Waals surface area (Å²) in [5, 5.41) is 2.01. The van der Waals surface area contributed by atoms with Crippen molar-refractivity contribution in [1.29, 1.82) is 0 Å². The molecule has 1 fully saturated rings. The van der Waals surface area contributed by atoms with E-state index in [1.165, 1.54) is 5.69 Å². The molecule has 1 aliphatic rings.